The molecule has 2 aromatic rings. The zero-order valence-electron chi connectivity index (χ0n) is 9.01. The second-order valence-electron chi connectivity index (χ2n) is 3.56. The molecule has 0 heterocycles. The molecule has 0 amide bonds. The highest BCUT2D eigenvalue weighted by Crippen LogP contribution is 2.30. The Balaban J connectivity index is 2.25. The van der Waals surface area contributed by atoms with E-state index < -0.39 is 0 Å². The predicted molar refractivity (Wildman–Crippen MR) is 67.1 cm³/mol. The van der Waals surface area contributed by atoms with E-state index in [4.69, 9.17) is 0 Å². The molecule has 0 saturated carbocycles. The molecule has 0 aromatic heterocycles. The lowest BCUT2D eigenvalue weighted by molar-refractivity contribution is 0.112. The van der Waals surface area contributed by atoms with E-state index in [1.165, 1.54) is 9.79 Å². The summed E-state index contributed by atoms with van der Waals surface area (Å²) >= 11 is 1.72. The van der Waals surface area contributed by atoms with Crippen LogP contribution in [0.3, 0.4) is 0 Å². The molecule has 0 bridgehead atoms. The van der Waals surface area contributed by atoms with E-state index in [9.17, 15) is 4.79 Å². The Bertz CT molecular complexity index is 491. The topological polar surface area (TPSA) is 17.1 Å². The highest BCUT2D eigenvalue weighted by Gasteiger charge is 2.01. The molecule has 0 spiro atoms. The van der Waals surface area contributed by atoms with Crippen LogP contribution >= 0.6 is 11.8 Å². The molecule has 0 aliphatic heterocycles. The fourth-order valence-electron chi connectivity index (χ4n) is 1.48. The van der Waals surface area contributed by atoms with Crippen molar-refractivity contribution in [2.45, 2.75) is 16.7 Å². The molecular weight excluding hydrogens is 216 g/mol. The number of hydrogen-bond acceptors (Lipinski definition) is 2. The van der Waals surface area contributed by atoms with Gasteiger partial charge in [-0.25, -0.2) is 0 Å². The quantitative estimate of drug-likeness (QED) is 0.740. The predicted octanol–water partition coefficient (Wildman–Crippen LogP) is 3.96. The molecule has 0 aliphatic rings. The van der Waals surface area contributed by atoms with Crippen LogP contribution in [-0.2, 0) is 0 Å². The van der Waals surface area contributed by atoms with E-state index in [2.05, 4.69) is 12.1 Å². The van der Waals surface area contributed by atoms with Gasteiger partial charge < -0.3 is 0 Å². The fourth-order valence-corrected chi connectivity index (χ4v) is 2.38. The average Bonchev–Trinajstić information content (AvgIpc) is 2.33. The van der Waals surface area contributed by atoms with Gasteiger partial charge in [0.2, 0.25) is 0 Å². The van der Waals surface area contributed by atoms with Crippen molar-refractivity contribution in [3.8, 4) is 0 Å². The monoisotopic (exact) mass is 228 g/mol. The van der Waals surface area contributed by atoms with Gasteiger partial charge in [0.05, 0.1) is 0 Å². The Kier molecular flexibility index (Phi) is 3.42. The standard InChI is InChI=1S/C14H12OS/c1-11-9-12(10-15)7-8-14(11)16-13-5-3-2-4-6-13/h2-10H,1H3. The maximum atomic E-state index is 10.6. The van der Waals surface area contributed by atoms with E-state index in [0.29, 0.717) is 0 Å². The van der Waals surface area contributed by atoms with Gasteiger partial charge in [-0.2, -0.15) is 0 Å². The number of rotatable bonds is 3. The highest BCUT2D eigenvalue weighted by molar-refractivity contribution is 7.99. The van der Waals surface area contributed by atoms with Crippen molar-refractivity contribution in [2.75, 3.05) is 0 Å². The van der Waals surface area contributed by atoms with Crippen molar-refractivity contribution < 1.29 is 4.79 Å². The summed E-state index contributed by atoms with van der Waals surface area (Å²) in [4.78, 5) is 13.0. The maximum absolute atomic E-state index is 10.6. The van der Waals surface area contributed by atoms with Gasteiger partial charge in [-0.15, -0.1) is 0 Å². The van der Waals surface area contributed by atoms with Crippen LogP contribution in [0, 0.1) is 6.92 Å². The van der Waals surface area contributed by atoms with E-state index in [1.807, 2.05) is 43.3 Å². The summed E-state index contributed by atoms with van der Waals surface area (Å²) < 4.78 is 0. The molecule has 1 nitrogen and oxygen atoms in total. The van der Waals surface area contributed by atoms with Gasteiger partial charge in [0.25, 0.3) is 0 Å². The number of aldehydes is 1. The van der Waals surface area contributed by atoms with Crippen molar-refractivity contribution in [1.29, 1.82) is 0 Å². The third kappa shape index (κ3) is 2.52. The molecule has 0 N–H and O–H groups in total. The zero-order chi connectivity index (χ0) is 11.4. The van der Waals surface area contributed by atoms with Crippen molar-refractivity contribution in [2.24, 2.45) is 0 Å². The van der Waals surface area contributed by atoms with Crippen LogP contribution in [0.15, 0.2) is 58.3 Å². The highest BCUT2D eigenvalue weighted by atomic mass is 32.2. The van der Waals surface area contributed by atoms with Crippen molar-refractivity contribution in [3.63, 3.8) is 0 Å². The van der Waals surface area contributed by atoms with Gasteiger partial charge in [-0.3, -0.25) is 4.79 Å². The van der Waals surface area contributed by atoms with Gasteiger partial charge in [0, 0.05) is 15.4 Å². The number of benzene rings is 2. The molecule has 16 heavy (non-hydrogen) atoms. The van der Waals surface area contributed by atoms with Gasteiger partial charge in [-0.1, -0.05) is 36.0 Å². The summed E-state index contributed by atoms with van der Waals surface area (Å²) in [5.41, 5.74) is 1.87. The minimum Gasteiger partial charge on any atom is -0.298 e. The van der Waals surface area contributed by atoms with Gasteiger partial charge >= 0.3 is 0 Å². The minimum atomic E-state index is 0.731. The van der Waals surface area contributed by atoms with Crippen molar-refractivity contribution in [1.82, 2.24) is 0 Å². The van der Waals surface area contributed by atoms with Crippen LogP contribution in [-0.4, -0.2) is 6.29 Å². The smallest absolute Gasteiger partial charge is 0.150 e. The Morgan fingerprint density at radius 2 is 1.81 bits per heavy atom. The number of aryl methyl sites for hydroxylation is 1. The van der Waals surface area contributed by atoms with Gasteiger partial charge in [0.15, 0.2) is 0 Å². The lowest BCUT2D eigenvalue weighted by atomic mass is 10.2. The molecule has 0 unspecified atom stereocenters. The average molecular weight is 228 g/mol. The first-order chi connectivity index (χ1) is 7.79. The van der Waals surface area contributed by atoms with Gasteiger partial charge in [-0.05, 0) is 36.8 Å². The van der Waals surface area contributed by atoms with E-state index >= 15 is 0 Å². The molecule has 0 atom stereocenters. The normalized spacial score (nSPS) is 10.1. The van der Waals surface area contributed by atoms with Crippen molar-refractivity contribution in [3.05, 3.63) is 59.7 Å². The van der Waals surface area contributed by atoms with Crippen molar-refractivity contribution >= 4 is 18.0 Å². The first-order valence-corrected chi connectivity index (χ1v) is 5.90. The van der Waals surface area contributed by atoms with Crippen LogP contribution in [0.4, 0.5) is 0 Å². The summed E-state index contributed by atoms with van der Waals surface area (Å²) in [5, 5.41) is 0. The summed E-state index contributed by atoms with van der Waals surface area (Å²) in [6.07, 6.45) is 0.879. The molecular formula is C14H12OS. The second kappa shape index (κ2) is 4.99. The third-order valence-electron chi connectivity index (χ3n) is 2.31. The van der Waals surface area contributed by atoms with E-state index in [-0.39, 0.29) is 0 Å². The molecule has 2 rings (SSSR count). The largest absolute Gasteiger partial charge is 0.298 e. The number of carbonyl (C=O) groups excluding carboxylic acids is 1. The lowest BCUT2D eigenvalue weighted by Crippen LogP contribution is -1.84. The number of carbonyl (C=O) groups is 1. The Morgan fingerprint density at radius 3 is 2.44 bits per heavy atom. The lowest BCUT2D eigenvalue weighted by Gasteiger charge is -2.05. The first-order valence-electron chi connectivity index (χ1n) is 5.08. The fraction of sp³-hybridized carbons (Fsp3) is 0.0714. The first kappa shape index (κ1) is 11.0. The Morgan fingerprint density at radius 1 is 1.06 bits per heavy atom. The third-order valence-corrected chi connectivity index (χ3v) is 3.49. The Hall–Kier alpha value is -1.54. The SMILES string of the molecule is Cc1cc(C=O)ccc1Sc1ccccc1. The number of hydrogen-bond donors (Lipinski definition) is 0. The van der Waals surface area contributed by atoms with Crippen LogP contribution in [0.25, 0.3) is 0 Å². The molecule has 0 saturated heterocycles. The Labute approximate surface area is 99.5 Å². The molecule has 2 heteroatoms. The van der Waals surface area contributed by atoms with Crippen LogP contribution in [0.5, 0.6) is 0 Å². The maximum Gasteiger partial charge on any atom is 0.150 e. The van der Waals surface area contributed by atoms with Crippen LogP contribution < -0.4 is 0 Å². The molecule has 2 aromatic carbocycles. The summed E-state index contributed by atoms with van der Waals surface area (Å²) in [5.74, 6) is 0. The van der Waals surface area contributed by atoms with E-state index in [0.717, 1.165) is 17.4 Å². The minimum absolute atomic E-state index is 0.731. The summed E-state index contributed by atoms with van der Waals surface area (Å²) in [7, 11) is 0. The molecule has 0 radical (unpaired) electrons. The molecule has 0 aliphatic carbocycles. The van der Waals surface area contributed by atoms with Crippen LogP contribution in [0.1, 0.15) is 15.9 Å². The molecule has 80 valence electrons. The summed E-state index contributed by atoms with van der Waals surface area (Å²) in [6.45, 7) is 2.03. The molecule has 0 fully saturated rings. The summed E-state index contributed by atoms with van der Waals surface area (Å²) in [6, 6.07) is 16.0. The second-order valence-corrected chi connectivity index (χ2v) is 4.67. The zero-order valence-corrected chi connectivity index (χ0v) is 9.83. The van der Waals surface area contributed by atoms with Gasteiger partial charge in [0.1, 0.15) is 6.29 Å². The van der Waals surface area contributed by atoms with Crippen LogP contribution in [0.2, 0.25) is 0 Å². The van der Waals surface area contributed by atoms with E-state index in [1.54, 1.807) is 11.8 Å².